The maximum Gasteiger partial charge on any atom is 0.292 e. The van der Waals surface area contributed by atoms with E-state index in [0.29, 0.717) is 6.54 Å². The fraction of sp³-hybridized carbons (Fsp3) is 0.200. The van der Waals surface area contributed by atoms with Crippen LogP contribution in [-0.4, -0.2) is 23.4 Å². The minimum atomic E-state index is -0.557. The van der Waals surface area contributed by atoms with Gasteiger partial charge in [-0.2, -0.15) is 0 Å². The first-order valence-electron chi connectivity index (χ1n) is 4.36. The number of nitrogens with zero attached hydrogens (tertiary/aromatic N) is 1. The van der Waals surface area contributed by atoms with Gasteiger partial charge in [-0.05, 0) is 11.6 Å². The Labute approximate surface area is 81.3 Å². The largest absolute Gasteiger partial charge is 0.292 e. The molecule has 0 radical (unpaired) electrons. The number of hydrogen-bond acceptors (Lipinski definition) is 3. The molecule has 2 rings (SSSR count). The van der Waals surface area contributed by atoms with Gasteiger partial charge in [0.1, 0.15) is 5.71 Å². The van der Waals surface area contributed by atoms with E-state index in [1.807, 2.05) is 24.3 Å². The lowest BCUT2D eigenvalue weighted by Crippen LogP contribution is -2.30. The Kier molecular flexibility index (Phi) is 2.28. The van der Waals surface area contributed by atoms with Crippen molar-refractivity contribution in [3.8, 4) is 0 Å². The molecular weight excluding hydrogens is 180 g/mol. The smallest absolute Gasteiger partial charge is 0.288 e. The van der Waals surface area contributed by atoms with Crippen molar-refractivity contribution >= 4 is 11.6 Å². The van der Waals surface area contributed by atoms with Crippen molar-refractivity contribution < 1.29 is 10.0 Å². The van der Waals surface area contributed by atoms with Gasteiger partial charge in [-0.15, -0.1) is 0 Å². The Morgan fingerprint density at radius 1 is 1.57 bits per heavy atom. The maximum atomic E-state index is 11.1. The number of aliphatic imine (C=N–C) groups is 1. The van der Waals surface area contributed by atoms with Crippen molar-refractivity contribution in [2.75, 3.05) is 6.54 Å². The van der Waals surface area contributed by atoms with Crippen molar-refractivity contribution in [3.63, 3.8) is 0 Å². The number of amides is 1. The highest BCUT2D eigenvalue weighted by atomic mass is 16.5. The first-order valence-corrected chi connectivity index (χ1v) is 4.36. The molecule has 1 amide bonds. The number of allylic oxidation sites excluding steroid dienone is 3. The quantitative estimate of drug-likeness (QED) is 0.470. The molecule has 1 unspecified atom stereocenters. The first-order chi connectivity index (χ1) is 6.81. The number of carbonyl (C=O) groups is 1. The summed E-state index contributed by atoms with van der Waals surface area (Å²) in [6, 6.07) is 0. The summed E-state index contributed by atoms with van der Waals surface area (Å²) in [5, 5.41) is 8.44. The van der Waals surface area contributed by atoms with Crippen molar-refractivity contribution in [1.82, 2.24) is 5.48 Å². The van der Waals surface area contributed by atoms with Crippen LogP contribution < -0.4 is 5.48 Å². The molecule has 0 spiro atoms. The molecule has 0 bridgehead atoms. The molecule has 0 saturated carbocycles. The molecule has 0 aromatic rings. The number of hydrogen-bond donors (Lipinski definition) is 2. The second-order valence-electron chi connectivity index (χ2n) is 3.16. The highest BCUT2D eigenvalue weighted by molar-refractivity contribution is 6.43. The summed E-state index contributed by atoms with van der Waals surface area (Å²) in [6.07, 6.45) is 9.57. The third-order valence-electron chi connectivity index (χ3n) is 2.27. The van der Waals surface area contributed by atoms with E-state index in [1.165, 1.54) is 0 Å². The third kappa shape index (κ3) is 1.52. The van der Waals surface area contributed by atoms with Gasteiger partial charge in [0.25, 0.3) is 5.91 Å². The summed E-state index contributed by atoms with van der Waals surface area (Å²) in [5.41, 5.74) is 2.91. The summed E-state index contributed by atoms with van der Waals surface area (Å²) >= 11 is 0. The van der Waals surface area contributed by atoms with Gasteiger partial charge in [0.15, 0.2) is 0 Å². The zero-order valence-corrected chi connectivity index (χ0v) is 7.47. The lowest BCUT2D eigenvalue weighted by atomic mass is 9.91. The maximum absolute atomic E-state index is 11.1. The second-order valence-corrected chi connectivity index (χ2v) is 3.16. The minimum Gasteiger partial charge on any atom is -0.288 e. The molecule has 14 heavy (non-hydrogen) atoms. The molecule has 4 nitrogen and oxygen atoms in total. The highest BCUT2D eigenvalue weighted by Crippen LogP contribution is 2.22. The number of hydroxylamine groups is 1. The molecule has 0 aromatic heterocycles. The van der Waals surface area contributed by atoms with Crippen LogP contribution in [0.1, 0.15) is 0 Å². The van der Waals surface area contributed by atoms with E-state index in [4.69, 9.17) is 5.21 Å². The summed E-state index contributed by atoms with van der Waals surface area (Å²) in [7, 11) is 0. The molecule has 0 fully saturated rings. The van der Waals surface area contributed by atoms with Crippen molar-refractivity contribution in [2.24, 2.45) is 10.9 Å². The van der Waals surface area contributed by atoms with Gasteiger partial charge in [-0.25, -0.2) is 5.48 Å². The van der Waals surface area contributed by atoms with E-state index < -0.39 is 5.91 Å². The molecule has 1 aliphatic carbocycles. The number of dihydropyridines is 1. The van der Waals surface area contributed by atoms with Crippen molar-refractivity contribution in [2.45, 2.75) is 0 Å². The van der Waals surface area contributed by atoms with E-state index in [2.05, 4.69) is 4.99 Å². The van der Waals surface area contributed by atoms with Crippen LogP contribution in [0, 0.1) is 5.92 Å². The summed E-state index contributed by atoms with van der Waals surface area (Å²) < 4.78 is 0. The average Bonchev–Trinajstić information content (AvgIpc) is 2.27. The normalized spacial score (nSPS) is 23.6. The summed E-state index contributed by atoms with van der Waals surface area (Å²) in [6.45, 7) is 0.565. The van der Waals surface area contributed by atoms with Crippen LogP contribution in [0.5, 0.6) is 0 Å². The van der Waals surface area contributed by atoms with Crippen LogP contribution in [0.15, 0.2) is 40.9 Å². The molecule has 1 aliphatic heterocycles. The fourth-order valence-corrected chi connectivity index (χ4v) is 1.52. The van der Waals surface area contributed by atoms with Crippen LogP contribution >= 0.6 is 0 Å². The number of fused-ring (bicyclic) bond motifs is 1. The van der Waals surface area contributed by atoms with Crippen LogP contribution in [0.4, 0.5) is 0 Å². The number of carbonyl (C=O) groups excluding carboxylic acids is 1. The van der Waals surface area contributed by atoms with Crippen LogP contribution in [-0.2, 0) is 4.79 Å². The molecular formula is C10H10N2O2. The van der Waals surface area contributed by atoms with Gasteiger partial charge in [-0.3, -0.25) is 15.0 Å². The van der Waals surface area contributed by atoms with Crippen LogP contribution in [0.3, 0.4) is 0 Å². The second kappa shape index (κ2) is 3.59. The summed E-state index contributed by atoms with van der Waals surface area (Å²) in [5.74, 6) is -0.283. The zero-order chi connectivity index (χ0) is 9.97. The van der Waals surface area contributed by atoms with Gasteiger partial charge in [0.05, 0.1) is 6.54 Å². The Bertz CT molecular complexity index is 378. The Morgan fingerprint density at radius 2 is 2.43 bits per heavy atom. The predicted molar refractivity (Wildman–Crippen MR) is 52.1 cm³/mol. The topological polar surface area (TPSA) is 61.7 Å². The van der Waals surface area contributed by atoms with Crippen LogP contribution in [0.25, 0.3) is 0 Å². The third-order valence-corrected chi connectivity index (χ3v) is 2.27. The Balaban J connectivity index is 2.24. The van der Waals surface area contributed by atoms with Gasteiger partial charge in [-0.1, -0.05) is 24.3 Å². The van der Waals surface area contributed by atoms with Crippen molar-refractivity contribution in [1.29, 1.82) is 0 Å². The number of rotatable bonds is 1. The molecule has 72 valence electrons. The molecule has 2 N–H and O–H groups in total. The SMILES string of the molecule is O=C(NO)C1=NCC2C=CC=CC2=C1. The monoisotopic (exact) mass is 190 g/mol. The molecule has 0 saturated heterocycles. The lowest BCUT2D eigenvalue weighted by molar-refractivity contribution is -0.122. The van der Waals surface area contributed by atoms with E-state index >= 15 is 0 Å². The standard InChI is InChI=1S/C10H10N2O2/c13-10(12-14)9-5-7-3-1-2-4-8(7)6-11-9/h1-5,8,14H,6H2,(H,12,13). The minimum absolute atomic E-state index is 0.273. The molecule has 0 aromatic carbocycles. The first kappa shape index (κ1) is 8.90. The number of nitrogens with one attached hydrogen (secondary N) is 1. The molecule has 1 heterocycles. The Hall–Kier alpha value is -1.68. The molecule has 2 aliphatic rings. The predicted octanol–water partition coefficient (Wildman–Crippen LogP) is 0.615. The van der Waals surface area contributed by atoms with Crippen LogP contribution in [0.2, 0.25) is 0 Å². The molecule has 1 atom stereocenters. The zero-order valence-electron chi connectivity index (χ0n) is 7.47. The van der Waals surface area contributed by atoms with Crippen molar-refractivity contribution in [3.05, 3.63) is 36.0 Å². The van der Waals surface area contributed by atoms with Gasteiger partial charge < -0.3 is 0 Å². The van der Waals surface area contributed by atoms with E-state index in [1.54, 1.807) is 11.6 Å². The van der Waals surface area contributed by atoms with E-state index in [0.717, 1.165) is 5.57 Å². The van der Waals surface area contributed by atoms with Gasteiger partial charge in [0.2, 0.25) is 0 Å². The van der Waals surface area contributed by atoms with E-state index in [-0.39, 0.29) is 11.6 Å². The highest BCUT2D eigenvalue weighted by Gasteiger charge is 2.19. The molecule has 4 heteroatoms. The van der Waals surface area contributed by atoms with E-state index in [9.17, 15) is 4.79 Å². The van der Waals surface area contributed by atoms with Gasteiger partial charge in [0, 0.05) is 5.92 Å². The lowest BCUT2D eigenvalue weighted by Gasteiger charge is -2.19. The van der Waals surface area contributed by atoms with Gasteiger partial charge >= 0.3 is 0 Å². The Morgan fingerprint density at radius 3 is 3.21 bits per heavy atom. The summed E-state index contributed by atoms with van der Waals surface area (Å²) in [4.78, 5) is 15.1. The average molecular weight is 190 g/mol. The fourth-order valence-electron chi connectivity index (χ4n) is 1.52.